The molecule has 9 nitrogen and oxygen atoms in total. The minimum atomic E-state index is -0.742. The summed E-state index contributed by atoms with van der Waals surface area (Å²) in [6, 6.07) is 13.2. The normalized spacial score (nSPS) is 21.3. The fraction of sp³-hybridized carbons (Fsp3) is 0.486. The van der Waals surface area contributed by atoms with E-state index in [-0.39, 0.29) is 24.3 Å². The van der Waals surface area contributed by atoms with Gasteiger partial charge in [0.15, 0.2) is 0 Å². The van der Waals surface area contributed by atoms with Crippen molar-refractivity contribution in [3.8, 4) is 0 Å². The average molecular weight is 631 g/mol. The predicted molar refractivity (Wildman–Crippen MR) is 180 cm³/mol. The molecule has 238 valence electrons. The van der Waals surface area contributed by atoms with Gasteiger partial charge in [0.25, 0.3) is 5.56 Å². The van der Waals surface area contributed by atoms with E-state index < -0.39 is 11.9 Å². The lowest BCUT2D eigenvalue weighted by Gasteiger charge is -2.39. The maximum atomic E-state index is 13.7. The molecule has 2 N–H and O–H groups in total. The van der Waals surface area contributed by atoms with E-state index in [9.17, 15) is 14.4 Å². The summed E-state index contributed by atoms with van der Waals surface area (Å²) in [5.41, 5.74) is 5.73. The summed E-state index contributed by atoms with van der Waals surface area (Å²) in [7, 11) is 0. The van der Waals surface area contributed by atoms with Crippen LogP contribution in [0.4, 0.5) is 5.69 Å². The van der Waals surface area contributed by atoms with Crippen molar-refractivity contribution in [3.05, 3.63) is 74.8 Å². The number of piperidine rings is 1. The maximum absolute atomic E-state index is 13.7. The Morgan fingerprint density at radius 3 is 2.47 bits per heavy atom. The summed E-state index contributed by atoms with van der Waals surface area (Å²) >= 11 is 6.18. The van der Waals surface area contributed by atoms with Gasteiger partial charge in [0, 0.05) is 62.9 Å². The molecule has 45 heavy (non-hydrogen) atoms. The summed E-state index contributed by atoms with van der Waals surface area (Å²) in [6.07, 6.45) is 3.92. The molecule has 1 aliphatic carbocycles. The third-order valence-electron chi connectivity index (χ3n) is 9.61. The summed E-state index contributed by atoms with van der Waals surface area (Å²) < 4.78 is 1.44. The molecule has 6 rings (SSSR count). The van der Waals surface area contributed by atoms with E-state index in [4.69, 9.17) is 11.6 Å². The summed E-state index contributed by atoms with van der Waals surface area (Å²) in [6.45, 7) is 13.1. The second kappa shape index (κ2) is 13.1. The van der Waals surface area contributed by atoms with Crippen LogP contribution in [0.3, 0.4) is 0 Å². The molecule has 2 amide bonds. The van der Waals surface area contributed by atoms with E-state index in [2.05, 4.69) is 51.4 Å². The fourth-order valence-corrected chi connectivity index (χ4v) is 7.28. The van der Waals surface area contributed by atoms with Gasteiger partial charge < -0.3 is 5.32 Å². The van der Waals surface area contributed by atoms with Gasteiger partial charge in [-0.15, -0.1) is 0 Å². The number of nitrogens with zero attached hydrogens (tertiary/aromatic N) is 4. The number of halogens is 1. The molecule has 2 aromatic carbocycles. The molecule has 10 heteroatoms. The highest BCUT2D eigenvalue weighted by Crippen LogP contribution is 2.42. The van der Waals surface area contributed by atoms with Gasteiger partial charge >= 0.3 is 0 Å². The van der Waals surface area contributed by atoms with Crippen molar-refractivity contribution in [1.82, 2.24) is 24.7 Å². The standard InChI is InChI=1S/C35H43ClN6O3/c1-23-38-29-6-4-5-28(32(29)34(45)42(23)30-11-12-31(43)39-33(30)44)37-15-16-40-17-19-41(20-18-40)22-25-21-35(2,3)14-13-27(25)24-7-9-26(36)10-8-24/h4-10,30,37H,11-22H2,1-3H3,(H,39,43,44). The molecule has 2 fully saturated rings. The Labute approximate surface area is 269 Å². The first kappa shape index (κ1) is 31.5. The van der Waals surface area contributed by atoms with Gasteiger partial charge in [-0.1, -0.05) is 49.2 Å². The molecule has 1 atom stereocenters. The zero-order valence-corrected chi connectivity index (χ0v) is 27.3. The van der Waals surface area contributed by atoms with Gasteiger partial charge in [0.2, 0.25) is 11.8 Å². The van der Waals surface area contributed by atoms with Gasteiger partial charge in [0.1, 0.15) is 11.9 Å². The van der Waals surface area contributed by atoms with Crippen LogP contribution in [-0.4, -0.2) is 77.0 Å². The molecule has 0 spiro atoms. The SMILES string of the molecule is Cc1nc2cccc(NCCN3CCN(CC4=C(c5ccc(Cl)cc5)CCC(C)(C)C4)CC3)c2c(=O)n1C1CCC(=O)NC1=O. The molecule has 0 saturated carbocycles. The lowest BCUT2D eigenvalue weighted by Crippen LogP contribution is -2.48. The highest BCUT2D eigenvalue weighted by molar-refractivity contribution is 6.30. The Kier molecular flexibility index (Phi) is 9.13. The highest BCUT2D eigenvalue weighted by Gasteiger charge is 2.31. The summed E-state index contributed by atoms with van der Waals surface area (Å²) in [5, 5.41) is 7.08. The number of aromatic nitrogens is 2. The number of nitrogens with one attached hydrogen (secondary N) is 2. The molecule has 1 unspecified atom stereocenters. The van der Waals surface area contributed by atoms with Crippen molar-refractivity contribution in [1.29, 1.82) is 0 Å². The summed E-state index contributed by atoms with van der Waals surface area (Å²) in [5.74, 6) is -0.298. The van der Waals surface area contributed by atoms with E-state index in [1.807, 2.05) is 30.3 Å². The first-order valence-corrected chi connectivity index (χ1v) is 16.5. The van der Waals surface area contributed by atoms with Gasteiger partial charge in [-0.2, -0.15) is 0 Å². The Hall–Kier alpha value is -3.53. The van der Waals surface area contributed by atoms with Crippen molar-refractivity contribution >= 4 is 45.6 Å². The van der Waals surface area contributed by atoms with Crippen LogP contribution < -0.4 is 16.2 Å². The van der Waals surface area contributed by atoms with Crippen LogP contribution in [0.15, 0.2) is 52.8 Å². The highest BCUT2D eigenvalue weighted by atomic mass is 35.5. The van der Waals surface area contributed by atoms with Crippen molar-refractivity contribution in [3.63, 3.8) is 0 Å². The largest absolute Gasteiger partial charge is 0.383 e. The van der Waals surface area contributed by atoms with Crippen LogP contribution in [-0.2, 0) is 9.59 Å². The Balaban J connectivity index is 1.08. The second-order valence-electron chi connectivity index (χ2n) is 13.5. The van der Waals surface area contributed by atoms with Crippen molar-refractivity contribution < 1.29 is 9.59 Å². The molecule has 0 radical (unpaired) electrons. The van der Waals surface area contributed by atoms with E-state index in [1.54, 1.807) is 12.5 Å². The zero-order valence-electron chi connectivity index (χ0n) is 26.5. The number of hydrogen-bond acceptors (Lipinski definition) is 7. The summed E-state index contributed by atoms with van der Waals surface area (Å²) in [4.78, 5) is 47.7. The number of fused-ring (bicyclic) bond motifs is 1. The Bertz CT molecular complexity index is 1690. The number of piperazine rings is 1. The van der Waals surface area contributed by atoms with Gasteiger partial charge in [-0.3, -0.25) is 34.1 Å². The lowest BCUT2D eigenvalue weighted by atomic mass is 9.73. The molecule has 2 saturated heterocycles. The van der Waals surface area contributed by atoms with Crippen LogP contribution in [0, 0.1) is 12.3 Å². The van der Waals surface area contributed by atoms with E-state index in [0.29, 0.717) is 34.4 Å². The van der Waals surface area contributed by atoms with Crippen molar-refractivity contribution in [2.75, 3.05) is 51.1 Å². The first-order valence-electron chi connectivity index (χ1n) is 16.1. The Morgan fingerprint density at radius 2 is 1.73 bits per heavy atom. The van der Waals surface area contributed by atoms with Crippen LogP contribution in [0.25, 0.3) is 16.5 Å². The van der Waals surface area contributed by atoms with E-state index in [0.717, 1.165) is 57.1 Å². The Morgan fingerprint density at radius 1 is 1.00 bits per heavy atom. The monoisotopic (exact) mass is 630 g/mol. The maximum Gasteiger partial charge on any atom is 0.264 e. The topological polar surface area (TPSA) is 99.6 Å². The third kappa shape index (κ3) is 7.00. The number of carbonyl (C=O) groups is 2. The number of imide groups is 1. The molecule has 0 bridgehead atoms. The van der Waals surface area contributed by atoms with Gasteiger partial charge in [-0.05, 0) is 73.4 Å². The molecular weight excluding hydrogens is 588 g/mol. The molecule has 3 heterocycles. The number of rotatable bonds is 8. The minimum Gasteiger partial charge on any atom is -0.383 e. The number of hydrogen-bond donors (Lipinski definition) is 2. The average Bonchev–Trinajstić information content (AvgIpc) is 2.99. The zero-order chi connectivity index (χ0) is 31.7. The number of aryl methyl sites for hydroxylation is 1. The number of carbonyl (C=O) groups excluding carboxylic acids is 2. The number of benzene rings is 2. The molecule has 2 aliphatic heterocycles. The fourth-order valence-electron chi connectivity index (χ4n) is 7.15. The lowest BCUT2D eigenvalue weighted by molar-refractivity contribution is -0.135. The van der Waals surface area contributed by atoms with E-state index >= 15 is 0 Å². The first-order chi connectivity index (χ1) is 21.6. The quantitative estimate of drug-likeness (QED) is 0.337. The van der Waals surface area contributed by atoms with Crippen LogP contribution in [0.1, 0.15) is 63.4 Å². The second-order valence-corrected chi connectivity index (χ2v) is 13.9. The number of allylic oxidation sites excluding steroid dienone is 1. The molecular formula is C35H43ClN6O3. The van der Waals surface area contributed by atoms with E-state index in [1.165, 1.54) is 22.1 Å². The predicted octanol–water partition coefficient (Wildman–Crippen LogP) is 5.03. The number of amides is 2. The van der Waals surface area contributed by atoms with Crippen molar-refractivity contribution in [2.45, 2.75) is 58.9 Å². The van der Waals surface area contributed by atoms with Gasteiger partial charge in [-0.25, -0.2) is 4.98 Å². The molecule has 3 aliphatic rings. The minimum absolute atomic E-state index is 0.201. The molecule has 3 aromatic rings. The van der Waals surface area contributed by atoms with Crippen LogP contribution >= 0.6 is 11.6 Å². The van der Waals surface area contributed by atoms with Crippen LogP contribution in [0.5, 0.6) is 0 Å². The third-order valence-corrected chi connectivity index (χ3v) is 9.87. The van der Waals surface area contributed by atoms with Crippen LogP contribution in [0.2, 0.25) is 5.02 Å². The molecule has 1 aromatic heterocycles. The van der Waals surface area contributed by atoms with Gasteiger partial charge in [0.05, 0.1) is 10.9 Å². The smallest absolute Gasteiger partial charge is 0.264 e. The number of anilines is 1. The van der Waals surface area contributed by atoms with Crippen molar-refractivity contribution in [2.24, 2.45) is 5.41 Å².